The first-order chi connectivity index (χ1) is 7.29. The minimum Gasteiger partial charge on any atom is -0.314 e. The fourth-order valence-corrected chi connectivity index (χ4v) is 2.17. The Morgan fingerprint density at radius 2 is 2.47 bits per heavy atom. The van der Waals surface area contributed by atoms with E-state index in [2.05, 4.69) is 28.3 Å². The summed E-state index contributed by atoms with van der Waals surface area (Å²) in [6, 6.07) is 2.77. The number of nitrogens with one attached hydrogen (secondary N) is 1. The molecule has 2 rings (SSSR count). The fourth-order valence-electron chi connectivity index (χ4n) is 2.17. The van der Waals surface area contributed by atoms with E-state index in [9.17, 15) is 0 Å². The van der Waals surface area contributed by atoms with Crippen LogP contribution in [-0.2, 0) is 13.6 Å². The van der Waals surface area contributed by atoms with Gasteiger partial charge >= 0.3 is 0 Å². The van der Waals surface area contributed by atoms with E-state index in [1.54, 1.807) is 0 Å². The van der Waals surface area contributed by atoms with Crippen molar-refractivity contribution in [3.63, 3.8) is 0 Å². The van der Waals surface area contributed by atoms with E-state index in [0.29, 0.717) is 6.04 Å². The molecule has 0 bridgehead atoms. The first-order valence-corrected chi connectivity index (χ1v) is 5.73. The predicted molar refractivity (Wildman–Crippen MR) is 60.6 cm³/mol. The molecule has 1 N–H and O–H groups in total. The van der Waals surface area contributed by atoms with Gasteiger partial charge in [-0.25, -0.2) is 0 Å². The van der Waals surface area contributed by atoms with E-state index in [1.807, 2.05) is 17.9 Å². The molecular weight excluding hydrogens is 188 g/mol. The van der Waals surface area contributed by atoms with Crippen LogP contribution >= 0.6 is 0 Å². The van der Waals surface area contributed by atoms with Crippen molar-refractivity contribution in [3.8, 4) is 0 Å². The third-order valence-corrected chi connectivity index (χ3v) is 3.08. The van der Waals surface area contributed by atoms with Crippen LogP contribution in [-0.4, -0.2) is 40.4 Å². The summed E-state index contributed by atoms with van der Waals surface area (Å²) in [5.41, 5.74) is 1.18. The Kier molecular flexibility index (Phi) is 3.38. The van der Waals surface area contributed by atoms with Crippen LogP contribution in [0.3, 0.4) is 0 Å². The number of rotatable bonds is 3. The zero-order valence-corrected chi connectivity index (χ0v) is 9.61. The molecule has 84 valence electrons. The van der Waals surface area contributed by atoms with E-state index in [1.165, 1.54) is 12.1 Å². The highest BCUT2D eigenvalue weighted by Crippen LogP contribution is 2.10. The van der Waals surface area contributed by atoms with Gasteiger partial charge in [0.15, 0.2) is 0 Å². The van der Waals surface area contributed by atoms with Crippen LogP contribution in [0.25, 0.3) is 0 Å². The summed E-state index contributed by atoms with van der Waals surface area (Å²) in [5, 5.41) is 7.87. The lowest BCUT2D eigenvalue weighted by molar-refractivity contribution is 0.147. The summed E-state index contributed by atoms with van der Waals surface area (Å²) >= 11 is 0. The molecule has 4 nitrogen and oxygen atoms in total. The van der Waals surface area contributed by atoms with Crippen molar-refractivity contribution in [2.75, 3.05) is 19.6 Å². The summed E-state index contributed by atoms with van der Waals surface area (Å²) in [5.74, 6) is 0. The highest BCUT2D eigenvalue weighted by atomic mass is 15.3. The normalized spacial score (nSPS) is 23.2. The lowest BCUT2D eigenvalue weighted by Gasteiger charge is -2.35. The molecule has 0 aliphatic carbocycles. The van der Waals surface area contributed by atoms with Gasteiger partial charge in [0.2, 0.25) is 0 Å². The maximum absolute atomic E-state index is 4.43. The molecule has 1 fully saturated rings. The Labute approximate surface area is 91.3 Å². The minimum atomic E-state index is 0.667. The van der Waals surface area contributed by atoms with Crippen molar-refractivity contribution in [2.45, 2.75) is 25.9 Å². The summed E-state index contributed by atoms with van der Waals surface area (Å²) in [6.45, 7) is 6.59. The molecule has 1 aromatic heterocycles. The van der Waals surface area contributed by atoms with Crippen LogP contribution in [0.2, 0.25) is 0 Å². The first-order valence-electron chi connectivity index (χ1n) is 5.73. The third kappa shape index (κ3) is 2.58. The quantitative estimate of drug-likeness (QED) is 0.790. The standard InChI is InChI=1S/C11H20N4/c1-3-11-8-12-5-7-15(11)9-10-4-6-14(2)13-10/h4,6,11-12H,3,5,7-9H2,1-2H3. The Bertz CT molecular complexity index is 307. The molecule has 1 unspecified atom stereocenters. The number of hydrogen-bond donors (Lipinski definition) is 1. The van der Waals surface area contributed by atoms with Crippen molar-refractivity contribution >= 4 is 0 Å². The molecule has 1 aromatic rings. The zero-order chi connectivity index (χ0) is 10.7. The van der Waals surface area contributed by atoms with Crippen LogP contribution < -0.4 is 5.32 Å². The van der Waals surface area contributed by atoms with Gasteiger partial charge in [0.05, 0.1) is 5.69 Å². The molecule has 0 radical (unpaired) electrons. The summed E-state index contributed by atoms with van der Waals surface area (Å²) in [6.07, 6.45) is 3.22. The number of aromatic nitrogens is 2. The monoisotopic (exact) mass is 208 g/mol. The molecule has 15 heavy (non-hydrogen) atoms. The SMILES string of the molecule is CCC1CNCCN1Cc1ccn(C)n1. The molecule has 1 saturated heterocycles. The van der Waals surface area contributed by atoms with Gasteiger partial charge in [-0.15, -0.1) is 0 Å². The van der Waals surface area contributed by atoms with E-state index in [-0.39, 0.29) is 0 Å². The Hall–Kier alpha value is -0.870. The lowest BCUT2D eigenvalue weighted by atomic mass is 10.1. The van der Waals surface area contributed by atoms with Gasteiger partial charge in [0, 0.05) is 45.5 Å². The van der Waals surface area contributed by atoms with Gasteiger partial charge in [0.1, 0.15) is 0 Å². The lowest BCUT2D eigenvalue weighted by Crippen LogP contribution is -2.50. The average molecular weight is 208 g/mol. The molecular formula is C11H20N4. The maximum Gasteiger partial charge on any atom is 0.0764 e. The van der Waals surface area contributed by atoms with Crippen LogP contribution in [0.15, 0.2) is 12.3 Å². The van der Waals surface area contributed by atoms with Crippen LogP contribution in [0, 0.1) is 0 Å². The molecule has 0 saturated carbocycles. The summed E-state index contributed by atoms with van der Waals surface area (Å²) in [7, 11) is 1.97. The van der Waals surface area contributed by atoms with Gasteiger partial charge in [-0.2, -0.15) is 5.10 Å². The van der Waals surface area contributed by atoms with Gasteiger partial charge in [0.25, 0.3) is 0 Å². The average Bonchev–Trinajstić information content (AvgIpc) is 2.65. The minimum absolute atomic E-state index is 0.667. The molecule has 1 atom stereocenters. The zero-order valence-electron chi connectivity index (χ0n) is 9.61. The molecule has 0 amide bonds. The number of nitrogens with zero attached hydrogens (tertiary/aromatic N) is 3. The second-order valence-corrected chi connectivity index (χ2v) is 4.22. The van der Waals surface area contributed by atoms with Crippen molar-refractivity contribution in [1.82, 2.24) is 20.0 Å². The largest absolute Gasteiger partial charge is 0.314 e. The van der Waals surface area contributed by atoms with Crippen molar-refractivity contribution in [3.05, 3.63) is 18.0 Å². The molecule has 2 heterocycles. The van der Waals surface area contributed by atoms with E-state index < -0.39 is 0 Å². The van der Waals surface area contributed by atoms with Crippen LogP contribution in [0.5, 0.6) is 0 Å². The van der Waals surface area contributed by atoms with Gasteiger partial charge in [-0.3, -0.25) is 9.58 Å². The van der Waals surface area contributed by atoms with E-state index in [4.69, 9.17) is 0 Å². The molecule has 0 spiro atoms. The van der Waals surface area contributed by atoms with Crippen molar-refractivity contribution in [2.24, 2.45) is 7.05 Å². The Balaban J connectivity index is 1.97. The topological polar surface area (TPSA) is 33.1 Å². The van der Waals surface area contributed by atoms with E-state index in [0.717, 1.165) is 26.2 Å². The van der Waals surface area contributed by atoms with Crippen LogP contribution in [0.4, 0.5) is 0 Å². The molecule has 0 aromatic carbocycles. The van der Waals surface area contributed by atoms with Crippen molar-refractivity contribution < 1.29 is 0 Å². The first kappa shape index (κ1) is 10.6. The van der Waals surface area contributed by atoms with Gasteiger partial charge < -0.3 is 5.32 Å². The maximum atomic E-state index is 4.43. The molecule has 1 aliphatic rings. The third-order valence-electron chi connectivity index (χ3n) is 3.08. The number of hydrogen-bond acceptors (Lipinski definition) is 3. The van der Waals surface area contributed by atoms with E-state index >= 15 is 0 Å². The number of piperazine rings is 1. The highest BCUT2D eigenvalue weighted by Gasteiger charge is 2.20. The van der Waals surface area contributed by atoms with Gasteiger partial charge in [-0.05, 0) is 12.5 Å². The number of aryl methyl sites for hydroxylation is 1. The van der Waals surface area contributed by atoms with Crippen LogP contribution in [0.1, 0.15) is 19.0 Å². The Morgan fingerprint density at radius 1 is 1.60 bits per heavy atom. The predicted octanol–water partition coefficient (Wildman–Crippen LogP) is 0.604. The second kappa shape index (κ2) is 4.77. The Morgan fingerprint density at radius 3 is 3.13 bits per heavy atom. The molecule has 4 heteroatoms. The fraction of sp³-hybridized carbons (Fsp3) is 0.727. The van der Waals surface area contributed by atoms with Gasteiger partial charge in [-0.1, -0.05) is 6.92 Å². The smallest absolute Gasteiger partial charge is 0.0764 e. The van der Waals surface area contributed by atoms with Crippen molar-refractivity contribution in [1.29, 1.82) is 0 Å². The summed E-state index contributed by atoms with van der Waals surface area (Å²) in [4.78, 5) is 2.53. The highest BCUT2D eigenvalue weighted by molar-refractivity contribution is 4.99. The second-order valence-electron chi connectivity index (χ2n) is 4.22. The molecule has 1 aliphatic heterocycles. The summed E-state index contributed by atoms with van der Waals surface area (Å²) < 4.78 is 1.87.